The number of H-pyrrole nitrogens is 1. The summed E-state index contributed by atoms with van der Waals surface area (Å²) in [5, 5.41) is 11.2. The molecule has 0 fully saturated rings. The van der Waals surface area contributed by atoms with Gasteiger partial charge in [-0.2, -0.15) is 0 Å². The Labute approximate surface area is 97.9 Å². The molecule has 0 unspecified atom stereocenters. The van der Waals surface area contributed by atoms with Gasteiger partial charge in [0.15, 0.2) is 0 Å². The van der Waals surface area contributed by atoms with Crippen molar-refractivity contribution >= 4 is 16.9 Å². The zero-order valence-electron chi connectivity index (χ0n) is 9.31. The van der Waals surface area contributed by atoms with Crippen molar-refractivity contribution in [3.8, 4) is 11.3 Å². The molecule has 0 aliphatic rings. The predicted octanol–water partition coefficient (Wildman–Crippen LogP) is 2.06. The Hall–Kier alpha value is -2.43. The second-order valence-corrected chi connectivity index (χ2v) is 3.69. The summed E-state index contributed by atoms with van der Waals surface area (Å²) >= 11 is 0. The standard InChI is InChI=1S/C12H11N5/c1-13-12-5-4-9(16-17-12)8-2-3-10-11(6-8)15-7-14-10/h2-7H,1H3,(H,13,17)(H,14,15). The van der Waals surface area contributed by atoms with Gasteiger partial charge < -0.3 is 10.3 Å². The highest BCUT2D eigenvalue weighted by Crippen LogP contribution is 2.20. The van der Waals surface area contributed by atoms with E-state index >= 15 is 0 Å². The Bertz CT molecular complexity index is 641. The molecule has 3 rings (SSSR count). The van der Waals surface area contributed by atoms with Crippen LogP contribution in [-0.4, -0.2) is 27.2 Å². The van der Waals surface area contributed by atoms with E-state index in [-0.39, 0.29) is 0 Å². The molecular weight excluding hydrogens is 214 g/mol. The summed E-state index contributed by atoms with van der Waals surface area (Å²) in [4.78, 5) is 7.26. The van der Waals surface area contributed by atoms with Crippen LogP contribution >= 0.6 is 0 Å². The van der Waals surface area contributed by atoms with Crippen LogP contribution in [0.25, 0.3) is 22.3 Å². The SMILES string of the molecule is CNc1ccc(-c2ccc3nc[nH]c3c2)nn1. The average molecular weight is 225 g/mol. The smallest absolute Gasteiger partial charge is 0.148 e. The number of fused-ring (bicyclic) bond motifs is 1. The summed E-state index contributed by atoms with van der Waals surface area (Å²) in [6, 6.07) is 9.82. The summed E-state index contributed by atoms with van der Waals surface area (Å²) in [6.07, 6.45) is 1.68. The van der Waals surface area contributed by atoms with Gasteiger partial charge in [-0.1, -0.05) is 6.07 Å². The van der Waals surface area contributed by atoms with Crippen LogP contribution in [0.1, 0.15) is 0 Å². The van der Waals surface area contributed by atoms with Gasteiger partial charge in [0, 0.05) is 12.6 Å². The van der Waals surface area contributed by atoms with Gasteiger partial charge in [0.1, 0.15) is 5.82 Å². The molecule has 1 aromatic carbocycles. The van der Waals surface area contributed by atoms with E-state index in [2.05, 4.69) is 25.5 Å². The lowest BCUT2D eigenvalue weighted by Gasteiger charge is -2.01. The first kappa shape index (κ1) is 9.77. The van der Waals surface area contributed by atoms with Crippen LogP contribution in [0, 0.1) is 0 Å². The van der Waals surface area contributed by atoms with E-state index in [1.807, 2.05) is 37.4 Å². The molecule has 0 spiro atoms. The maximum atomic E-state index is 4.18. The molecule has 84 valence electrons. The predicted molar refractivity (Wildman–Crippen MR) is 66.7 cm³/mol. The van der Waals surface area contributed by atoms with E-state index in [0.29, 0.717) is 0 Å². The quantitative estimate of drug-likeness (QED) is 0.700. The molecule has 2 N–H and O–H groups in total. The number of rotatable bonds is 2. The minimum absolute atomic E-state index is 0.761. The van der Waals surface area contributed by atoms with E-state index in [9.17, 15) is 0 Å². The van der Waals surface area contributed by atoms with Crippen molar-refractivity contribution in [3.05, 3.63) is 36.7 Å². The Balaban J connectivity index is 2.06. The lowest BCUT2D eigenvalue weighted by molar-refractivity contribution is 1.04. The lowest BCUT2D eigenvalue weighted by atomic mass is 10.1. The molecule has 2 heterocycles. The third-order valence-electron chi connectivity index (χ3n) is 2.64. The topological polar surface area (TPSA) is 66.5 Å². The van der Waals surface area contributed by atoms with Gasteiger partial charge in [0.2, 0.25) is 0 Å². The van der Waals surface area contributed by atoms with Gasteiger partial charge in [0.25, 0.3) is 0 Å². The highest BCUT2D eigenvalue weighted by atomic mass is 15.2. The maximum absolute atomic E-state index is 4.18. The molecule has 0 radical (unpaired) electrons. The van der Waals surface area contributed by atoms with E-state index in [1.165, 1.54) is 0 Å². The summed E-state index contributed by atoms with van der Waals surface area (Å²) in [5.74, 6) is 0.761. The molecule has 2 aromatic heterocycles. The minimum atomic E-state index is 0.761. The van der Waals surface area contributed by atoms with Gasteiger partial charge in [-0.25, -0.2) is 4.98 Å². The van der Waals surface area contributed by atoms with E-state index in [4.69, 9.17) is 0 Å². The number of hydrogen-bond acceptors (Lipinski definition) is 4. The first-order valence-corrected chi connectivity index (χ1v) is 5.32. The lowest BCUT2D eigenvalue weighted by Crippen LogP contribution is -1.95. The second kappa shape index (κ2) is 3.86. The highest BCUT2D eigenvalue weighted by molar-refractivity contribution is 5.80. The molecule has 0 atom stereocenters. The van der Waals surface area contributed by atoms with E-state index in [0.717, 1.165) is 28.1 Å². The van der Waals surface area contributed by atoms with Crippen molar-refractivity contribution in [2.75, 3.05) is 12.4 Å². The third kappa shape index (κ3) is 1.71. The Morgan fingerprint density at radius 3 is 2.82 bits per heavy atom. The number of aromatic nitrogens is 4. The first-order valence-electron chi connectivity index (χ1n) is 5.32. The zero-order valence-corrected chi connectivity index (χ0v) is 9.31. The van der Waals surface area contributed by atoms with Gasteiger partial charge >= 0.3 is 0 Å². The monoisotopic (exact) mass is 225 g/mol. The molecule has 0 amide bonds. The third-order valence-corrected chi connectivity index (χ3v) is 2.64. The van der Waals surface area contributed by atoms with Crippen LogP contribution in [0.15, 0.2) is 36.7 Å². The van der Waals surface area contributed by atoms with Crippen LogP contribution in [0.5, 0.6) is 0 Å². The molecule has 3 aromatic rings. The molecule has 0 aliphatic heterocycles. The van der Waals surface area contributed by atoms with Gasteiger partial charge in [-0.05, 0) is 24.3 Å². The molecule has 0 saturated heterocycles. The number of nitrogens with one attached hydrogen (secondary N) is 2. The van der Waals surface area contributed by atoms with Crippen LogP contribution in [0.2, 0.25) is 0 Å². The molecule has 5 nitrogen and oxygen atoms in total. The Kier molecular flexibility index (Phi) is 2.22. The first-order chi connectivity index (χ1) is 8.36. The largest absolute Gasteiger partial charge is 0.372 e. The van der Waals surface area contributed by atoms with Crippen molar-refractivity contribution in [1.29, 1.82) is 0 Å². The maximum Gasteiger partial charge on any atom is 0.148 e. The van der Waals surface area contributed by atoms with Crippen molar-refractivity contribution < 1.29 is 0 Å². The summed E-state index contributed by atoms with van der Waals surface area (Å²) in [6.45, 7) is 0. The second-order valence-electron chi connectivity index (χ2n) is 3.69. The number of hydrogen-bond donors (Lipinski definition) is 2. The fraction of sp³-hybridized carbons (Fsp3) is 0.0833. The van der Waals surface area contributed by atoms with Crippen molar-refractivity contribution in [2.24, 2.45) is 0 Å². The zero-order chi connectivity index (χ0) is 11.7. The Morgan fingerprint density at radius 2 is 2.06 bits per heavy atom. The summed E-state index contributed by atoms with van der Waals surface area (Å²) in [5.41, 5.74) is 3.83. The van der Waals surface area contributed by atoms with Gasteiger partial charge in [-0.3, -0.25) is 0 Å². The average Bonchev–Trinajstić information content (AvgIpc) is 2.86. The van der Waals surface area contributed by atoms with Crippen LogP contribution in [0.4, 0.5) is 5.82 Å². The number of anilines is 1. The number of imidazole rings is 1. The number of nitrogens with zero attached hydrogens (tertiary/aromatic N) is 3. The Morgan fingerprint density at radius 1 is 1.12 bits per heavy atom. The number of aromatic amines is 1. The fourth-order valence-corrected chi connectivity index (χ4v) is 1.71. The van der Waals surface area contributed by atoms with Crippen molar-refractivity contribution in [2.45, 2.75) is 0 Å². The normalized spacial score (nSPS) is 10.6. The number of benzene rings is 1. The van der Waals surface area contributed by atoms with E-state index < -0.39 is 0 Å². The molecule has 0 aliphatic carbocycles. The highest BCUT2D eigenvalue weighted by Gasteiger charge is 2.03. The summed E-state index contributed by atoms with van der Waals surface area (Å²) < 4.78 is 0. The molecule has 0 bridgehead atoms. The molecule has 0 saturated carbocycles. The van der Waals surface area contributed by atoms with Crippen LogP contribution < -0.4 is 5.32 Å². The van der Waals surface area contributed by atoms with Crippen molar-refractivity contribution in [3.63, 3.8) is 0 Å². The van der Waals surface area contributed by atoms with Crippen LogP contribution in [0.3, 0.4) is 0 Å². The summed E-state index contributed by atoms with van der Waals surface area (Å²) in [7, 11) is 1.82. The molecule has 5 heteroatoms. The van der Waals surface area contributed by atoms with Gasteiger partial charge in [0.05, 0.1) is 23.1 Å². The molecule has 17 heavy (non-hydrogen) atoms. The van der Waals surface area contributed by atoms with Crippen LogP contribution in [-0.2, 0) is 0 Å². The minimum Gasteiger partial charge on any atom is -0.372 e. The fourth-order valence-electron chi connectivity index (χ4n) is 1.71. The molecular formula is C12H11N5. The van der Waals surface area contributed by atoms with E-state index in [1.54, 1.807) is 6.33 Å². The van der Waals surface area contributed by atoms with Crippen molar-refractivity contribution in [1.82, 2.24) is 20.2 Å². The van der Waals surface area contributed by atoms with Gasteiger partial charge in [-0.15, -0.1) is 10.2 Å².